The van der Waals surface area contributed by atoms with Gasteiger partial charge in [0, 0.05) is 11.6 Å². The van der Waals surface area contributed by atoms with Gasteiger partial charge in [0.15, 0.2) is 0 Å². The summed E-state index contributed by atoms with van der Waals surface area (Å²) in [5, 5.41) is 6.25. The molecule has 2 rings (SSSR count). The molecule has 0 spiro atoms. The smallest absolute Gasteiger partial charge is 0.329 e. The Bertz CT molecular complexity index is 870. The largest absolute Gasteiger partial charge is 0.496 e. The molecule has 142 valence electrons. The molecule has 0 aliphatic carbocycles. The number of para-hydroxylation sites is 2. The molecule has 0 saturated heterocycles. The van der Waals surface area contributed by atoms with E-state index >= 15 is 0 Å². The molecule has 2 N–H and O–H groups in total. The van der Waals surface area contributed by atoms with Crippen LogP contribution in [0.2, 0.25) is 0 Å². The van der Waals surface area contributed by atoms with E-state index in [0.717, 1.165) is 0 Å². The first-order valence-electron chi connectivity index (χ1n) is 7.69. The molecule has 0 radical (unpaired) electrons. The highest BCUT2D eigenvalue weighted by atomic mass is 79.9. The molecule has 0 bridgehead atoms. The van der Waals surface area contributed by atoms with Crippen LogP contribution in [0.5, 0.6) is 17.2 Å². The summed E-state index contributed by atoms with van der Waals surface area (Å²) in [5.41, 5.74) is 3.12. The molecule has 2 aromatic rings. The molecule has 0 atom stereocenters. The molecule has 27 heavy (non-hydrogen) atoms. The Kier molecular flexibility index (Phi) is 7.18. The Morgan fingerprint density at radius 3 is 2.30 bits per heavy atom. The number of nitrogens with zero attached hydrogens (tertiary/aromatic N) is 1. The van der Waals surface area contributed by atoms with E-state index in [1.165, 1.54) is 27.5 Å². The third kappa shape index (κ3) is 5.20. The van der Waals surface area contributed by atoms with Crippen LogP contribution in [-0.4, -0.2) is 39.4 Å². The van der Waals surface area contributed by atoms with Crippen molar-refractivity contribution in [2.45, 2.75) is 0 Å². The molecule has 0 aliphatic heterocycles. The maximum atomic E-state index is 12.0. The summed E-state index contributed by atoms with van der Waals surface area (Å²) < 4.78 is 16.2. The van der Waals surface area contributed by atoms with Gasteiger partial charge in [-0.15, -0.1) is 0 Å². The minimum absolute atomic E-state index is 0.380. The van der Waals surface area contributed by atoms with Gasteiger partial charge < -0.3 is 19.5 Å². The summed E-state index contributed by atoms with van der Waals surface area (Å²) in [5.74, 6) is -0.283. The Balaban J connectivity index is 2.04. The zero-order valence-corrected chi connectivity index (χ0v) is 16.5. The molecule has 0 saturated carbocycles. The van der Waals surface area contributed by atoms with E-state index in [4.69, 9.17) is 14.2 Å². The fraction of sp³-hybridized carbons (Fsp3) is 0.167. The summed E-state index contributed by atoms with van der Waals surface area (Å²) >= 11 is 3.36. The quantitative estimate of drug-likeness (QED) is 0.412. The first kappa shape index (κ1) is 20.2. The van der Waals surface area contributed by atoms with E-state index in [1.807, 2.05) is 0 Å². The van der Waals surface area contributed by atoms with Crippen molar-refractivity contribution in [2.24, 2.45) is 5.10 Å². The van der Waals surface area contributed by atoms with Crippen molar-refractivity contribution >= 4 is 39.6 Å². The lowest BCUT2D eigenvalue weighted by Gasteiger charge is -2.10. The van der Waals surface area contributed by atoms with Crippen molar-refractivity contribution in [1.82, 2.24) is 5.43 Å². The van der Waals surface area contributed by atoms with Crippen molar-refractivity contribution in [1.29, 1.82) is 0 Å². The van der Waals surface area contributed by atoms with Gasteiger partial charge in [0.2, 0.25) is 0 Å². The van der Waals surface area contributed by atoms with E-state index in [0.29, 0.717) is 33.0 Å². The maximum Gasteiger partial charge on any atom is 0.329 e. The molecule has 9 heteroatoms. The molecule has 0 heterocycles. The van der Waals surface area contributed by atoms with Gasteiger partial charge in [-0.25, -0.2) is 5.43 Å². The fourth-order valence-electron chi connectivity index (χ4n) is 2.12. The topological polar surface area (TPSA) is 98.3 Å². The van der Waals surface area contributed by atoms with Crippen LogP contribution < -0.4 is 25.0 Å². The van der Waals surface area contributed by atoms with Gasteiger partial charge in [-0.2, -0.15) is 5.10 Å². The average Bonchev–Trinajstić information content (AvgIpc) is 2.68. The molecular formula is C18H18BrN3O5. The average molecular weight is 436 g/mol. The number of methoxy groups -OCH3 is 3. The normalized spacial score (nSPS) is 10.4. The second kappa shape index (κ2) is 9.58. The molecule has 0 aromatic heterocycles. The van der Waals surface area contributed by atoms with Crippen LogP contribution >= 0.6 is 15.9 Å². The zero-order chi connectivity index (χ0) is 19.8. The molecule has 0 unspecified atom stereocenters. The van der Waals surface area contributed by atoms with Gasteiger partial charge in [0.25, 0.3) is 0 Å². The number of rotatable bonds is 6. The second-order valence-electron chi connectivity index (χ2n) is 5.08. The number of ether oxygens (including phenoxy) is 3. The van der Waals surface area contributed by atoms with E-state index in [9.17, 15) is 9.59 Å². The van der Waals surface area contributed by atoms with E-state index in [1.54, 1.807) is 36.4 Å². The number of carbonyl (C=O) groups is 2. The van der Waals surface area contributed by atoms with E-state index < -0.39 is 11.8 Å². The molecule has 2 amide bonds. The number of benzene rings is 2. The van der Waals surface area contributed by atoms with Gasteiger partial charge in [-0.1, -0.05) is 12.1 Å². The minimum Gasteiger partial charge on any atom is -0.496 e. The lowest BCUT2D eigenvalue weighted by atomic mass is 10.2. The molecule has 0 fully saturated rings. The number of amides is 2. The first-order chi connectivity index (χ1) is 13.0. The number of nitrogens with one attached hydrogen (secondary N) is 2. The molecule has 2 aromatic carbocycles. The number of halogens is 1. The van der Waals surface area contributed by atoms with Crippen LogP contribution in [0.25, 0.3) is 0 Å². The Labute approximate surface area is 164 Å². The molecule has 0 aliphatic rings. The number of hydrazone groups is 1. The van der Waals surface area contributed by atoms with Crippen molar-refractivity contribution < 1.29 is 23.8 Å². The third-order valence-corrected chi connectivity index (χ3v) is 4.05. The van der Waals surface area contributed by atoms with Gasteiger partial charge in [-0.05, 0) is 34.1 Å². The van der Waals surface area contributed by atoms with Crippen molar-refractivity contribution in [3.8, 4) is 17.2 Å². The number of hydrogen-bond donors (Lipinski definition) is 2. The highest BCUT2D eigenvalue weighted by Crippen LogP contribution is 2.31. The maximum absolute atomic E-state index is 12.0. The lowest BCUT2D eigenvalue weighted by molar-refractivity contribution is -0.136. The lowest BCUT2D eigenvalue weighted by Crippen LogP contribution is -2.32. The Morgan fingerprint density at radius 2 is 1.63 bits per heavy atom. The van der Waals surface area contributed by atoms with Crippen molar-refractivity contribution in [3.63, 3.8) is 0 Å². The predicted octanol–water partition coefficient (Wildman–Crippen LogP) is 2.56. The van der Waals surface area contributed by atoms with Crippen LogP contribution in [0.4, 0.5) is 5.69 Å². The Morgan fingerprint density at radius 1 is 0.963 bits per heavy atom. The summed E-state index contributed by atoms with van der Waals surface area (Å²) in [6, 6.07) is 10.1. The first-order valence-corrected chi connectivity index (χ1v) is 8.48. The van der Waals surface area contributed by atoms with Gasteiger partial charge in [-0.3, -0.25) is 9.59 Å². The zero-order valence-electron chi connectivity index (χ0n) is 14.9. The minimum atomic E-state index is -0.927. The van der Waals surface area contributed by atoms with Crippen LogP contribution in [0.3, 0.4) is 0 Å². The SMILES string of the molecule is COc1cc(OC)c(/C=N\NC(=O)C(=O)Nc2ccccc2OC)cc1Br. The predicted molar refractivity (Wildman–Crippen MR) is 105 cm³/mol. The summed E-state index contributed by atoms with van der Waals surface area (Å²) in [7, 11) is 4.50. The molecular weight excluding hydrogens is 418 g/mol. The highest BCUT2D eigenvalue weighted by molar-refractivity contribution is 9.10. The highest BCUT2D eigenvalue weighted by Gasteiger charge is 2.15. The Hall–Kier alpha value is -3.07. The summed E-state index contributed by atoms with van der Waals surface area (Å²) in [4.78, 5) is 23.9. The molecule has 8 nitrogen and oxygen atoms in total. The van der Waals surface area contributed by atoms with E-state index in [2.05, 4.69) is 31.8 Å². The monoisotopic (exact) mass is 435 g/mol. The van der Waals surface area contributed by atoms with Crippen LogP contribution in [0, 0.1) is 0 Å². The summed E-state index contributed by atoms with van der Waals surface area (Å²) in [6.07, 6.45) is 1.36. The van der Waals surface area contributed by atoms with Crippen molar-refractivity contribution in [3.05, 3.63) is 46.4 Å². The van der Waals surface area contributed by atoms with Crippen LogP contribution in [0.1, 0.15) is 5.56 Å². The van der Waals surface area contributed by atoms with Crippen molar-refractivity contribution in [2.75, 3.05) is 26.6 Å². The summed E-state index contributed by atoms with van der Waals surface area (Å²) in [6.45, 7) is 0. The standard InChI is InChI=1S/C18H18BrN3O5/c1-25-14-7-5-4-6-13(14)21-17(23)18(24)22-20-10-11-8-12(19)16(27-3)9-15(11)26-2/h4-10H,1-3H3,(H,21,23)(H,22,24)/b20-10-. The second-order valence-corrected chi connectivity index (χ2v) is 5.94. The van der Waals surface area contributed by atoms with Crippen LogP contribution in [0.15, 0.2) is 46.0 Å². The van der Waals surface area contributed by atoms with Gasteiger partial charge in [0.05, 0.1) is 37.7 Å². The number of anilines is 1. The number of hydrogen-bond acceptors (Lipinski definition) is 6. The van der Waals surface area contributed by atoms with Crippen LogP contribution in [-0.2, 0) is 9.59 Å². The fourth-order valence-corrected chi connectivity index (χ4v) is 2.65. The number of carbonyl (C=O) groups excluding carboxylic acids is 2. The van der Waals surface area contributed by atoms with E-state index in [-0.39, 0.29) is 0 Å². The third-order valence-electron chi connectivity index (χ3n) is 3.44. The van der Waals surface area contributed by atoms with Gasteiger partial charge >= 0.3 is 11.8 Å². The van der Waals surface area contributed by atoms with Gasteiger partial charge in [0.1, 0.15) is 17.2 Å².